The first kappa shape index (κ1) is 18.0. The van der Waals surface area contributed by atoms with E-state index in [1.807, 2.05) is 18.2 Å². The molecular weight excluding hydrogens is 349 g/mol. The van der Waals surface area contributed by atoms with E-state index in [1.165, 1.54) is 6.20 Å². The van der Waals surface area contributed by atoms with Gasteiger partial charge in [-0.05, 0) is 37.5 Å². The average Bonchev–Trinajstić information content (AvgIpc) is 3.19. The molecule has 0 aliphatic carbocycles. The van der Waals surface area contributed by atoms with Crippen molar-refractivity contribution < 1.29 is 14.3 Å². The van der Waals surface area contributed by atoms with Crippen molar-refractivity contribution in [3.05, 3.63) is 59.9 Å². The number of hydrazine groups is 1. The summed E-state index contributed by atoms with van der Waals surface area (Å²) in [7, 11) is 0. The van der Waals surface area contributed by atoms with E-state index in [0.717, 1.165) is 5.69 Å². The topological polar surface area (TPSA) is 90.4 Å². The molecule has 7 nitrogen and oxygen atoms in total. The number of amides is 1. The Morgan fingerprint density at radius 1 is 1.15 bits per heavy atom. The number of nitrogens with zero attached hydrogens (tertiary/aromatic N) is 3. The lowest BCUT2D eigenvalue weighted by Gasteiger charge is -2.39. The fourth-order valence-electron chi connectivity index (χ4n) is 3.81. The van der Waals surface area contributed by atoms with E-state index in [2.05, 4.69) is 20.8 Å². The van der Waals surface area contributed by atoms with Gasteiger partial charge < -0.3 is 10.0 Å². The van der Waals surface area contributed by atoms with Crippen molar-refractivity contribution in [2.45, 2.75) is 36.9 Å². The molecule has 27 heavy (non-hydrogen) atoms. The molecule has 2 aromatic heterocycles. The number of aliphatic hydroxyl groups is 1. The largest absolute Gasteiger partial charge is 0.385 e. The summed E-state index contributed by atoms with van der Waals surface area (Å²) in [6.45, 7) is 0.742. The molecule has 8 heteroatoms. The highest BCUT2D eigenvalue weighted by atomic mass is 19.1. The number of piperidine rings is 1. The summed E-state index contributed by atoms with van der Waals surface area (Å²) in [5, 5.41) is 10.8. The average molecular weight is 371 g/mol. The molecule has 3 N–H and O–H groups in total. The summed E-state index contributed by atoms with van der Waals surface area (Å²) < 4.78 is 13.9. The van der Waals surface area contributed by atoms with Gasteiger partial charge in [0, 0.05) is 31.0 Å². The minimum Gasteiger partial charge on any atom is -0.385 e. The molecule has 0 spiro atoms. The second-order valence-corrected chi connectivity index (χ2v) is 7.08. The molecule has 2 atom stereocenters. The number of rotatable bonds is 3. The molecule has 2 aromatic rings. The number of aromatic nitrogens is 2. The third kappa shape index (κ3) is 3.55. The van der Waals surface area contributed by atoms with E-state index in [0.29, 0.717) is 19.5 Å². The van der Waals surface area contributed by atoms with Crippen LogP contribution < -0.4 is 10.9 Å². The van der Waals surface area contributed by atoms with Crippen LogP contribution >= 0.6 is 0 Å². The summed E-state index contributed by atoms with van der Waals surface area (Å²) in [6.07, 6.45) is 4.26. The van der Waals surface area contributed by atoms with Crippen LogP contribution in [-0.2, 0) is 10.4 Å². The van der Waals surface area contributed by atoms with Crippen LogP contribution in [0.4, 0.5) is 4.39 Å². The third-order valence-corrected chi connectivity index (χ3v) is 5.41. The molecular formula is C19H22FN5O2. The third-order valence-electron chi connectivity index (χ3n) is 5.41. The molecule has 2 fully saturated rings. The molecule has 0 saturated carbocycles. The highest BCUT2D eigenvalue weighted by Gasteiger charge is 2.40. The van der Waals surface area contributed by atoms with Crippen LogP contribution in [0.15, 0.2) is 42.7 Å². The predicted molar refractivity (Wildman–Crippen MR) is 95.6 cm³/mol. The molecule has 0 aromatic carbocycles. The molecule has 0 bridgehead atoms. The van der Waals surface area contributed by atoms with Gasteiger partial charge in [-0.1, -0.05) is 12.1 Å². The Morgan fingerprint density at radius 3 is 2.63 bits per heavy atom. The Labute approximate surface area is 156 Å². The number of nitrogens with one attached hydrogen (secondary N) is 2. The van der Waals surface area contributed by atoms with Gasteiger partial charge in [-0.2, -0.15) is 4.39 Å². The monoisotopic (exact) mass is 371 g/mol. The van der Waals surface area contributed by atoms with Crippen molar-refractivity contribution in [3.63, 3.8) is 0 Å². The van der Waals surface area contributed by atoms with E-state index in [4.69, 9.17) is 0 Å². The Hall–Kier alpha value is -2.42. The second kappa shape index (κ2) is 7.30. The fourth-order valence-corrected chi connectivity index (χ4v) is 3.81. The normalized spacial score (nSPS) is 24.7. The van der Waals surface area contributed by atoms with Crippen molar-refractivity contribution in [2.75, 3.05) is 13.1 Å². The number of carbonyl (C=O) groups excluding carboxylic acids is 1. The maximum absolute atomic E-state index is 13.9. The first-order valence-electron chi connectivity index (χ1n) is 9.11. The zero-order chi connectivity index (χ0) is 18.9. The van der Waals surface area contributed by atoms with Gasteiger partial charge >= 0.3 is 0 Å². The standard InChI is InChI=1S/C19H22FN5O2/c20-17-13(4-3-9-22-17)19(27)6-10-25(11-7-19)18(26)16-12-15(23-24-16)14-5-1-2-8-21-14/h1-5,8-9,15-16,23-24,27H,6-7,10-12H2. The number of pyridine rings is 2. The van der Waals surface area contributed by atoms with Gasteiger partial charge in [0.25, 0.3) is 0 Å². The predicted octanol–water partition coefficient (Wildman–Crippen LogP) is 1.03. The molecule has 0 radical (unpaired) electrons. The molecule has 4 rings (SSSR count). The first-order chi connectivity index (χ1) is 13.1. The Kier molecular flexibility index (Phi) is 4.86. The lowest BCUT2D eigenvalue weighted by Crippen LogP contribution is -2.51. The van der Waals surface area contributed by atoms with Gasteiger partial charge in [0.2, 0.25) is 11.9 Å². The van der Waals surface area contributed by atoms with Crippen LogP contribution in [0.5, 0.6) is 0 Å². The molecule has 2 unspecified atom stereocenters. The van der Waals surface area contributed by atoms with Gasteiger partial charge in [-0.15, -0.1) is 0 Å². The van der Waals surface area contributed by atoms with Gasteiger partial charge in [0.15, 0.2) is 0 Å². The first-order valence-corrected chi connectivity index (χ1v) is 9.11. The van der Waals surface area contributed by atoms with E-state index in [9.17, 15) is 14.3 Å². The lowest BCUT2D eigenvalue weighted by molar-refractivity contribution is -0.137. The number of carbonyl (C=O) groups is 1. The highest BCUT2D eigenvalue weighted by molar-refractivity contribution is 5.82. The summed E-state index contributed by atoms with van der Waals surface area (Å²) in [6, 6.07) is 8.50. The van der Waals surface area contributed by atoms with Crippen LogP contribution in [0.3, 0.4) is 0 Å². The molecule has 2 saturated heterocycles. The van der Waals surface area contributed by atoms with E-state index in [1.54, 1.807) is 23.2 Å². The van der Waals surface area contributed by atoms with Crippen molar-refractivity contribution in [1.29, 1.82) is 0 Å². The van der Waals surface area contributed by atoms with Crippen LogP contribution in [-0.4, -0.2) is 45.0 Å². The van der Waals surface area contributed by atoms with E-state index < -0.39 is 11.5 Å². The Morgan fingerprint density at radius 2 is 1.93 bits per heavy atom. The van der Waals surface area contributed by atoms with Gasteiger partial charge in [-0.25, -0.2) is 15.8 Å². The fraction of sp³-hybridized carbons (Fsp3) is 0.421. The molecule has 2 aliphatic rings. The molecule has 1 amide bonds. The molecule has 142 valence electrons. The lowest BCUT2D eigenvalue weighted by atomic mass is 9.85. The van der Waals surface area contributed by atoms with Crippen molar-refractivity contribution in [1.82, 2.24) is 25.7 Å². The number of hydrogen-bond donors (Lipinski definition) is 3. The van der Waals surface area contributed by atoms with Crippen LogP contribution in [0.2, 0.25) is 0 Å². The van der Waals surface area contributed by atoms with Crippen molar-refractivity contribution >= 4 is 5.91 Å². The van der Waals surface area contributed by atoms with E-state index >= 15 is 0 Å². The minimum atomic E-state index is -1.28. The minimum absolute atomic E-state index is 0.0189. The van der Waals surface area contributed by atoms with Crippen LogP contribution in [0.25, 0.3) is 0 Å². The second-order valence-electron chi connectivity index (χ2n) is 7.08. The summed E-state index contributed by atoms with van der Waals surface area (Å²) in [5.74, 6) is -0.672. The summed E-state index contributed by atoms with van der Waals surface area (Å²) >= 11 is 0. The summed E-state index contributed by atoms with van der Waals surface area (Å²) in [5.41, 5.74) is 5.98. The smallest absolute Gasteiger partial charge is 0.241 e. The zero-order valence-corrected chi connectivity index (χ0v) is 14.8. The number of halogens is 1. The summed E-state index contributed by atoms with van der Waals surface area (Å²) in [4.78, 5) is 22.5. The van der Waals surface area contributed by atoms with Gasteiger partial charge in [0.05, 0.1) is 17.3 Å². The molecule has 4 heterocycles. The quantitative estimate of drug-likeness (QED) is 0.699. The van der Waals surface area contributed by atoms with Gasteiger partial charge in [0.1, 0.15) is 6.04 Å². The van der Waals surface area contributed by atoms with Gasteiger partial charge in [-0.3, -0.25) is 9.78 Å². The van der Waals surface area contributed by atoms with Crippen LogP contribution in [0.1, 0.15) is 36.6 Å². The van der Waals surface area contributed by atoms with Crippen LogP contribution in [0, 0.1) is 5.95 Å². The zero-order valence-electron chi connectivity index (χ0n) is 14.8. The Balaban J connectivity index is 1.37. The van der Waals surface area contributed by atoms with Crippen molar-refractivity contribution in [2.24, 2.45) is 0 Å². The van der Waals surface area contributed by atoms with E-state index in [-0.39, 0.29) is 36.4 Å². The highest BCUT2D eigenvalue weighted by Crippen LogP contribution is 2.34. The maximum atomic E-state index is 13.9. The Bertz CT molecular complexity index is 811. The SMILES string of the molecule is O=C(C1CC(c2ccccn2)NN1)N1CCC(O)(c2cccnc2F)CC1. The number of hydrogen-bond acceptors (Lipinski definition) is 6. The van der Waals surface area contributed by atoms with Crippen molar-refractivity contribution in [3.8, 4) is 0 Å². The number of likely N-dealkylation sites (tertiary alicyclic amines) is 1. The maximum Gasteiger partial charge on any atom is 0.241 e. The molecule has 2 aliphatic heterocycles.